The van der Waals surface area contributed by atoms with E-state index in [9.17, 15) is 0 Å². The molecule has 0 saturated heterocycles. The average molecular weight is 262 g/mol. The summed E-state index contributed by atoms with van der Waals surface area (Å²) in [5, 5.41) is 12.9. The second-order valence-electron chi connectivity index (χ2n) is 4.27. The average Bonchev–Trinajstić information content (AvgIpc) is 3.17. The van der Waals surface area contributed by atoms with Gasteiger partial charge in [-0.1, -0.05) is 17.8 Å². The molecule has 3 rings (SSSR count). The molecular formula is C11H14N6S. The number of tetrazole rings is 1. The topological polar surface area (TPSA) is 82.5 Å². The highest BCUT2D eigenvalue weighted by Crippen LogP contribution is 2.39. The van der Waals surface area contributed by atoms with Crippen molar-refractivity contribution in [2.24, 2.45) is 5.73 Å². The van der Waals surface area contributed by atoms with Crippen molar-refractivity contribution in [3.8, 4) is 0 Å². The summed E-state index contributed by atoms with van der Waals surface area (Å²) in [5.74, 6) is 0. The standard InChI is InChI=1S/C11H14N6S/c12-6-10(8-2-1-5-13-7-8)18-11-14-15-16-17(11)9-3-4-9/h1-2,5,7,9-10H,3-4,6,12H2. The molecule has 2 aromatic heterocycles. The van der Waals surface area contributed by atoms with E-state index in [0.29, 0.717) is 12.6 Å². The number of nitrogens with zero attached hydrogens (tertiary/aromatic N) is 5. The molecular weight excluding hydrogens is 248 g/mol. The molecule has 2 aromatic rings. The highest BCUT2D eigenvalue weighted by atomic mass is 32.2. The normalized spacial score (nSPS) is 16.7. The maximum absolute atomic E-state index is 5.84. The van der Waals surface area contributed by atoms with Crippen molar-refractivity contribution in [3.05, 3.63) is 30.1 Å². The van der Waals surface area contributed by atoms with Gasteiger partial charge < -0.3 is 5.73 Å². The second kappa shape index (κ2) is 5.03. The quantitative estimate of drug-likeness (QED) is 0.815. The summed E-state index contributed by atoms with van der Waals surface area (Å²) in [6.45, 7) is 0.536. The molecule has 0 radical (unpaired) electrons. The third-order valence-electron chi connectivity index (χ3n) is 2.87. The van der Waals surface area contributed by atoms with Crippen LogP contribution in [-0.4, -0.2) is 31.7 Å². The number of thioether (sulfide) groups is 1. The minimum Gasteiger partial charge on any atom is -0.329 e. The summed E-state index contributed by atoms with van der Waals surface area (Å²) < 4.78 is 1.91. The predicted molar refractivity (Wildman–Crippen MR) is 68.0 cm³/mol. The summed E-state index contributed by atoms with van der Waals surface area (Å²) in [6.07, 6.45) is 5.93. The van der Waals surface area contributed by atoms with Gasteiger partial charge in [-0.3, -0.25) is 4.98 Å². The molecule has 94 valence electrons. The molecule has 0 aliphatic heterocycles. The Bertz CT molecular complexity index is 509. The van der Waals surface area contributed by atoms with Crippen LogP contribution in [0.2, 0.25) is 0 Å². The van der Waals surface area contributed by atoms with E-state index in [2.05, 4.69) is 20.5 Å². The zero-order valence-corrected chi connectivity index (χ0v) is 10.6. The minimum absolute atomic E-state index is 0.141. The highest BCUT2D eigenvalue weighted by molar-refractivity contribution is 7.99. The van der Waals surface area contributed by atoms with Crippen LogP contribution in [-0.2, 0) is 0 Å². The van der Waals surface area contributed by atoms with Gasteiger partial charge in [-0.05, 0) is 34.9 Å². The third kappa shape index (κ3) is 2.37. The number of hydrogen-bond acceptors (Lipinski definition) is 6. The molecule has 0 bridgehead atoms. The summed E-state index contributed by atoms with van der Waals surface area (Å²) in [4.78, 5) is 4.13. The molecule has 7 heteroatoms. The molecule has 2 heterocycles. The van der Waals surface area contributed by atoms with Crippen molar-refractivity contribution in [2.45, 2.75) is 29.3 Å². The SMILES string of the molecule is NCC(Sc1nnnn1C1CC1)c1cccnc1. The lowest BCUT2D eigenvalue weighted by atomic mass is 10.2. The van der Waals surface area contributed by atoms with Crippen molar-refractivity contribution in [3.63, 3.8) is 0 Å². The molecule has 1 unspecified atom stereocenters. The molecule has 1 atom stereocenters. The molecule has 1 aliphatic rings. The van der Waals surface area contributed by atoms with Gasteiger partial charge in [0.05, 0.1) is 11.3 Å². The number of nitrogens with two attached hydrogens (primary N) is 1. The molecule has 2 N–H and O–H groups in total. The fourth-order valence-electron chi connectivity index (χ4n) is 1.76. The van der Waals surface area contributed by atoms with Crippen molar-refractivity contribution < 1.29 is 0 Å². The molecule has 1 fully saturated rings. The van der Waals surface area contributed by atoms with Crippen LogP contribution in [0.4, 0.5) is 0 Å². The summed E-state index contributed by atoms with van der Waals surface area (Å²) in [7, 11) is 0. The summed E-state index contributed by atoms with van der Waals surface area (Å²) >= 11 is 1.61. The Morgan fingerprint density at radius 1 is 1.50 bits per heavy atom. The van der Waals surface area contributed by atoms with Gasteiger partial charge in [-0.25, -0.2) is 4.68 Å². The highest BCUT2D eigenvalue weighted by Gasteiger charge is 2.29. The van der Waals surface area contributed by atoms with Crippen LogP contribution in [0.1, 0.15) is 29.7 Å². The van der Waals surface area contributed by atoms with Gasteiger partial charge in [-0.2, -0.15) is 0 Å². The molecule has 0 spiro atoms. The first kappa shape index (κ1) is 11.6. The van der Waals surface area contributed by atoms with E-state index in [0.717, 1.165) is 10.7 Å². The largest absolute Gasteiger partial charge is 0.329 e. The Kier molecular flexibility index (Phi) is 3.24. The van der Waals surface area contributed by atoms with Gasteiger partial charge in [0.15, 0.2) is 0 Å². The lowest BCUT2D eigenvalue weighted by molar-refractivity contribution is 0.564. The van der Waals surface area contributed by atoms with Crippen LogP contribution in [0.15, 0.2) is 29.7 Å². The predicted octanol–water partition coefficient (Wildman–Crippen LogP) is 1.20. The molecule has 0 aromatic carbocycles. The summed E-state index contributed by atoms with van der Waals surface area (Å²) in [5.41, 5.74) is 6.94. The smallest absolute Gasteiger partial charge is 0.210 e. The Hall–Kier alpha value is -1.47. The fraction of sp³-hybridized carbons (Fsp3) is 0.455. The van der Waals surface area contributed by atoms with Gasteiger partial charge in [0, 0.05) is 18.9 Å². The molecule has 0 amide bonds. The minimum atomic E-state index is 0.141. The van der Waals surface area contributed by atoms with Gasteiger partial charge >= 0.3 is 0 Å². The van der Waals surface area contributed by atoms with Crippen LogP contribution < -0.4 is 5.73 Å². The van der Waals surface area contributed by atoms with Crippen molar-refractivity contribution in [2.75, 3.05) is 6.54 Å². The Morgan fingerprint density at radius 3 is 3.06 bits per heavy atom. The molecule has 1 aliphatic carbocycles. The van der Waals surface area contributed by atoms with Gasteiger partial charge in [-0.15, -0.1) is 5.10 Å². The maximum Gasteiger partial charge on any atom is 0.210 e. The summed E-state index contributed by atoms with van der Waals surface area (Å²) in [6, 6.07) is 4.43. The van der Waals surface area contributed by atoms with E-state index in [-0.39, 0.29) is 5.25 Å². The van der Waals surface area contributed by atoms with Gasteiger partial charge in [0.1, 0.15) is 0 Å². The van der Waals surface area contributed by atoms with E-state index in [1.807, 2.05) is 23.0 Å². The van der Waals surface area contributed by atoms with Crippen LogP contribution in [0, 0.1) is 0 Å². The first-order valence-corrected chi connectivity index (χ1v) is 6.81. The Morgan fingerprint density at radius 2 is 2.39 bits per heavy atom. The number of aromatic nitrogens is 5. The van der Waals surface area contributed by atoms with Gasteiger partial charge in [0.25, 0.3) is 0 Å². The zero-order valence-electron chi connectivity index (χ0n) is 9.81. The lowest BCUT2D eigenvalue weighted by Gasteiger charge is -2.13. The van der Waals surface area contributed by atoms with Crippen molar-refractivity contribution in [1.29, 1.82) is 0 Å². The number of rotatable bonds is 5. The van der Waals surface area contributed by atoms with Crippen LogP contribution in [0.25, 0.3) is 0 Å². The van der Waals surface area contributed by atoms with Crippen molar-refractivity contribution in [1.82, 2.24) is 25.2 Å². The molecule has 6 nitrogen and oxygen atoms in total. The van der Waals surface area contributed by atoms with E-state index >= 15 is 0 Å². The van der Waals surface area contributed by atoms with E-state index in [1.54, 1.807) is 18.0 Å². The first-order chi connectivity index (χ1) is 8.88. The number of hydrogen-bond donors (Lipinski definition) is 1. The second-order valence-corrected chi connectivity index (χ2v) is 5.44. The van der Waals surface area contributed by atoms with Crippen LogP contribution in [0.5, 0.6) is 0 Å². The molecule has 1 saturated carbocycles. The molecule has 18 heavy (non-hydrogen) atoms. The Balaban J connectivity index is 1.79. The van der Waals surface area contributed by atoms with E-state index in [1.165, 1.54) is 12.8 Å². The van der Waals surface area contributed by atoms with Crippen LogP contribution >= 0.6 is 11.8 Å². The Labute approximate surface area is 109 Å². The van der Waals surface area contributed by atoms with E-state index < -0.39 is 0 Å². The van der Waals surface area contributed by atoms with E-state index in [4.69, 9.17) is 5.73 Å². The zero-order chi connectivity index (χ0) is 12.4. The number of pyridine rings is 1. The van der Waals surface area contributed by atoms with Gasteiger partial charge in [0.2, 0.25) is 5.16 Å². The lowest BCUT2D eigenvalue weighted by Crippen LogP contribution is -2.11. The third-order valence-corrected chi connectivity index (χ3v) is 4.10. The first-order valence-electron chi connectivity index (χ1n) is 5.93. The van der Waals surface area contributed by atoms with Crippen LogP contribution in [0.3, 0.4) is 0 Å². The monoisotopic (exact) mass is 262 g/mol. The maximum atomic E-state index is 5.84. The van der Waals surface area contributed by atoms with Crippen molar-refractivity contribution >= 4 is 11.8 Å². The fourth-order valence-corrected chi connectivity index (χ4v) is 2.76.